The van der Waals surface area contributed by atoms with Crippen LogP contribution >= 0.6 is 0 Å². The van der Waals surface area contributed by atoms with Crippen LogP contribution in [0.4, 0.5) is 0 Å². The molecule has 228 valence electrons. The number of carboxylic acid groups (broad SMARTS) is 1. The van der Waals surface area contributed by atoms with Crippen LogP contribution in [0.3, 0.4) is 0 Å². The van der Waals surface area contributed by atoms with Gasteiger partial charge in [0.15, 0.2) is 34.5 Å². The van der Waals surface area contributed by atoms with Crippen LogP contribution < -0.4 is 5.32 Å². The summed E-state index contributed by atoms with van der Waals surface area (Å²) in [6.07, 6.45) is 4.42. The zero-order valence-corrected chi connectivity index (χ0v) is 23.1. The zero-order chi connectivity index (χ0) is 31.7. The molecule has 0 aliphatic carbocycles. The summed E-state index contributed by atoms with van der Waals surface area (Å²) in [6, 6.07) is 8.87. The van der Waals surface area contributed by atoms with Gasteiger partial charge in [-0.2, -0.15) is 0 Å². The minimum atomic E-state index is -1.68. The van der Waals surface area contributed by atoms with Gasteiger partial charge >= 0.3 is 11.9 Å². The number of ether oxygens (including phenoxy) is 1. The standard InChI is InChI=1S/C31H33NO11/c1-32-16-22(21-6-8-23(34)24(35)15-21)30(31(41)42)43-29(40)9-7-20-14-28(39)27(38)13-19(20)5-4-18-12-26(37)25(36)11-17(18)3-2-10-33/h4-9,11-15,22,30,32-39H,2-3,10,16H2,1H3,(H,41,42)/t22-,30+/m0/s1. The molecule has 9 N–H and O–H groups in total. The molecule has 0 saturated carbocycles. The van der Waals surface area contributed by atoms with Gasteiger partial charge in [-0.3, -0.25) is 0 Å². The summed E-state index contributed by atoms with van der Waals surface area (Å²) in [5.74, 6) is -5.92. The number of esters is 1. The summed E-state index contributed by atoms with van der Waals surface area (Å²) >= 11 is 0. The van der Waals surface area contributed by atoms with Crippen LogP contribution in [0.1, 0.15) is 40.2 Å². The molecule has 0 saturated heterocycles. The van der Waals surface area contributed by atoms with E-state index in [0.717, 1.165) is 6.08 Å². The number of rotatable bonds is 13. The highest BCUT2D eigenvalue weighted by atomic mass is 16.6. The van der Waals surface area contributed by atoms with Gasteiger partial charge in [-0.15, -0.1) is 0 Å². The van der Waals surface area contributed by atoms with E-state index >= 15 is 0 Å². The molecule has 12 nitrogen and oxygen atoms in total. The van der Waals surface area contributed by atoms with E-state index in [0.29, 0.717) is 35.1 Å². The van der Waals surface area contributed by atoms with Gasteiger partial charge in [0, 0.05) is 25.1 Å². The lowest BCUT2D eigenvalue weighted by Gasteiger charge is -2.24. The van der Waals surface area contributed by atoms with Gasteiger partial charge in [0.05, 0.1) is 0 Å². The first-order valence-corrected chi connectivity index (χ1v) is 13.1. The Labute approximate surface area is 246 Å². The van der Waals surface area contributed by atoms with Crippen LogP contribution in [0.15, 0.2) is 48.5 Å². The average molecular weight is 596 g/mol. The number of carbonyl (C=O) groups excluding carboxylic acids is 1. The Morgan fingerprint density at radius 1 is 0.791 bits per heavy atom. The summed E-state index contributed by atoms with van der Waals surface area (Å²) in [7, 11) is 1.56. The van der Waals surface area contributed by atoms with Crippen molar-refractivity contribution in [3.05, 3.63) is 76.4 Å². The number of aryl methyl sites for hydroxylation is 1. The second kappa shape index (κ2) is 14.6. The van der Waals surface area contributed by atoms with E-state index in [1.165, 1.54) is 54.6 Å². The number of benzene rings is 3. The molecule has 0 heterocycles. The van der Waals surface area contributed by atoms with Gasteiger partial charge in [0.25, 0.3) is 0 Å². The highest BCUT2D eigenvalue weighted by molar-refractivity contribution is 5.91. The molecule has 3 rings (SSSR count). The van der Waals surface area contributed by atoms with Gasteiger partial charge in [0.1, 0.15) is 0 Å². The summed E-state index contributed by atoms with van der Waals surface area (Å²) in [4.78, 5) is 24.9. The number of hydrogen-bond donors (Lipinski definition) is 9. The van der Waals surface area contributed by atoms with E-state index in [9.17, 15) is 50.4 Å². The summed E-state index contributed by atoms with van der Waals surface area (Å²) in [6.45, 7) is -0.0381. The Bertz CT molecular complexity index is 1530. The molecule has 43 heavy (non-hydrogen) atoms. The number of likely N-dealkylation sites (N-methyl/N-ethyl adjacent to an activating group) is 1. The third kappa shape index (κ3) is 8.41. The molecule has 0 aliphatic heterocycles. The lowest BCUT2D eigenvalue weighted by molar-refractivity contribution is -0.162. The third-order valence-electron chi connectivity index (χ3n) is 6.57. The summed E-state index contributed by atoms with van der Waals surface area (Å²) in [5.41, 5.74) is 1.99. The number of aliphatic hydroxyl groups excluding tert-OH is 1. The van der Waals surface area contributed by atoms with Gasteiger partial charge in [-0.25, -0.2) is 9.59 Å². The molecule has 3 aromatic carbocycles. The van der Waals surface area contributed by atoms with Crippen LogP contribution in [-0.2, 0) is 20.7 Å². The number of phenols is 6. The molecular weight excluding hydrogens is 562 g/mol. The Kier molecular flexibility index (Phi) is 11.0. The van der Waals surface area contributed by atoms with Crippen molar-refractivity contribution in [1.82, 2.24) is 5.32 Å². The maximum atomic E-state index is 12.8. The van der Waals surface area contributed by atoms with E-state index in [4.69, 9.17) is 4.74 Å². The highest BCUT2D eigenvalue weighted by Gasteiger charge is 2.33. The van der Waals surface area contributed by atoms with Crippen LogP contribution in [-0.4, -0.2) is 79.1 Å². The van der Waals surface area contributed by atoms with Gasteiger partial charge < -0.3 is 50.9 Å². The second-order valence-electron chi connectivity index (χ2n) is 9.61. The number of nitrogens with one attached hydrogen (secondary N) is 1. The number of aliphatic carboxylic acids is 1. The van der Waals surface area contributed by atoms with Gasteiger partial charge in [-0.1, -0.05) is 18.2 Å². The number of aromatic hydroxyl groups is 6. The maximum Gasteiger partial charge on any atom is 0.345 e. The second-order valence-corrected chi connectivity index (χ2v) is 9.61. The van der Waals surface area contributed by atoms with Crippen molar-refractivity contribution in [3.8, 4) is 34.5 Å². The summed E-state index contributed by atoms with van der Waals surface area (Å²) in [5, 5.41) is 81.3. The fourth-order valence-corrected chi connectivity index (χ4v) is 4.37. The third-order valence-corrected chi connectivity index (χ3v) is 6.57. The topological polar surface area (TPSA) is 217 Å². The number of phenolic OH excluding ortho intramolecular Hbond substituents is 6. The van der Waals surface area contributed by atoms with Crippen LogP contribution in [0.2, 0.25) is 0 Å². The van der Waals surface area contributed by atoms with E-state index in [1.54, 1.807) is 13.1 Å². The van der Waals surface area contributed by atoms with Crippen molar-refractivity contribution in [2.75, 3.05) is 20.2 Å². The molecule has 0 unspecified atom stereocenters. The molecule has 0 bridgehead atoms. The van der Waals surface area contributed by atoms with Crippen molar-refractivity contribution < 1.29 is 55.2 Å². The molecule has 2 atom stereocenters. The van der Waals surface area contributed by atoms with Crippen LogP contribution in [0, 0.1) is 0 Å². The lowest BCUT2D eigenvalue weighted by Crippen LogP contribution is -2.37. The van der Waals surface area contributed by atoms with E-state index in [-0.39, 0.29) is 30.2 Å². The molecule has 3 aromatic rings. The lowest BCUT2D eigenvalue weighted by atomic mass is 9.92. The van der Waals surface area contributed by atoms with Crippen molar-refractivity contribution in [1.29, 1.82) is 0 Å². The summed E-state index contributed by atoms with van der Waals surface area (Å²) < 4.78 is 5.26. The highest BCUT2D eigenvalue weighted by Crippen LogP contribution is 2.34. The van der Waals surface area contributed by atoms with E-state index in [1.807, 2.05) is 0 Å². The van der Waals surface area contributed by atoms with Gasteiger partial charge in [-0.05, 0) is 90.2 Å². The molecule has 12 heteroatoms. The maximum absolute atomic E-state index is 12.8. The molecule has 0 spiro atoms. The van der Waals surface area contributed by atoms with Crippen molar-refractivity contribution in [2.24, 2.45) is 0 Å². The number of carboxylic acids is 1. The van der Waals surface area contributed by atoms with Gasteiger partial charge in [0.2, 0.25) is 6.10 Å². The Morgan fingerprint density at radius 3 is 1.93 bits per heavy atom. The molecule has 0 fully saturated rings. The zero-order valence-electron chi connectivity index (χ0n) is 23.1. The first-order chi connectivity index (χ1) is 20.4. The number of aliphatic hydroxyl groups is 1. The Balaban J connectivity index is 1.91. The van der Waals surface area contributed by atoms with Crippen molar-refractivity contribution in [2.45, 2.75) is 24.9 Å². The van der Waals surface area contributed by atoms with Crippen molar-refractivity contribution >= 4 is 30.2 Å². The van der Waals surface area contributed by atoms with E-state index in [2.05, 4.69) is 5.32 Å². The Hall–Kier alpha value is -5.20. The average Bonchev–Trinajstić information content (AvgIpc) is 2.96. The van der Waals surface area contributed by atoms with Crippen LogP contribution in [0.5, 0.6) is 34.5 Å². The predicted octanol–water partition coefficient (Wildman–Crippen LogP) is 3.03. The first kappa shape index (κ1) is 32.3. The SMILES string of the molecule is CNC[C@@H](c1ccc(O)c(O)c1)[C@@H](OC(=O)C=Cc1cc(O)c(O)cc1C=Cc1cc(O)c(O)cc1CCCO)C(=O)O. The fraction of sp³-hybridized carbons (Fsp3) is 0.226. The molecule has 0 aliphatic rings. The molecule has 0 amide bonds. The minimum Gasteiger partial charge on any atom is -0.504 e. The predicted molar refractivity (Wildman–Crippen MR) is 157 cm³/mol. The molecule has 0 radical (unpaired) electrons. The quantitative estimate of drug-likeness (QED) is 0.0603. The number of hydrogen-bond acceptors (Lipinski definition) is 11. The normalized spacial score (nSPS) is 12.9. The Morgan fingerprint density at radius 2 is 1.35 bits per heavy atom. The molecular formula is C31H33NO11. The smallest absolute Gasteiger partial charge is 0.345 e. The number of carbonyl (C=O) groups is 2. The minimum absolute atomic E-state index is 0.0477. The van der Waals surface area contributed by atoms with E-state index < -0.39 is 47.0 Å². The van der Waals surface area contributed by atoms with Crippen LogP contribution in [0.25, 0.3) is 18.2 Å². The first-order valence-electron chi connectivity index (χ1n) is 13.1. The molecule has 0 aromatic heterocycles. The largest absolute Gasteiger partial charge is 0.504 e. The fourth-order valence-electron chi connectivity index (χ4n) is 4.37. The monoisotopic (exact) mass is 595 g/mol. The van der Waals surface area contributed by atoms with Crippen molar-refractivity contribution in [3.63, 3.8) is 0 Å².